The first-order valence-electron chi connectivity index (χ1n) is 6.03. The zero-order valence-corrected chi connectivity index (χ0v) is 11.1. The smallest absolute Gasteiger partial charge is 0.203 e. The van der Waals surface area contributed by atoms with E-state index >= 15 is 0 Å². The second kappa shape index (κ2) is 5.82. The molecule has 100 valence electrons. The lowest BCUT2D eigenvalue weighted by Gasteiger charge is -2.27. The van der Waals surface area contributed by atoms with E-state index in [1.54, 1.807) is 21.3 Å². The van der Waals surface area contributed by atoms with Crippen molar-refractivity contribution in [2.45, 2.75) is 0 Å². The molecule has 18 heavy (non-hydrogen) atoms. The summed E-state index contributed by atoms with van der Waals surface area (Å²) in [5.41, 5.74) is 0.983. The Kier molecular flexibility index (Phi) is 4.15. The molecule has 0 radical (unpaired) electrons. The molecule has 1 saturated heterocycles. The summed E-state index contributed by atoms with van der Waals surface area (Å²) in [5, 5.41) is 6.64. The minimum atomic E-state index is 0.621. The molecular formula is C13H20N2O3. The molecule has 0 aliphatic carbocycles. The topological polar surface area (TPSA) is 51.8 Å². The van der Waals surface area contributed by atoms with Gasteiger partial charge in [-0.15, -0.1) is 0 Å². The quantitative estimate of drug-likeness (QED) is 0.800. The summed E-state index contributed by atoms with van der Waals surface area (Å²) >= 11 is 0. The Morgan fingerprint density at radius 3 is 2.11 bits per heavy atom. The highest BCUT2D eigenvalue weighted by Crippen LogP contribution is 2.39. The average molecular weight is 252 g/mol. The minimum Gasteiger partial charge on any atom is -0.493 e. The highest BCUT2D eigenvalue weighted by Gasteiger charge is 2.17. The molecule has 5 nitrogen and oxygen atoms in total. The maximum atomic E-state index is 5.31. The molecule has 0 spiro atoms. The lowest BCUT2D eigenvalue weighted by atomic mass is 10.0. The van der Waals surface area contributed by atoms with Crippen LogP contribution < -0.4 is 24.8 Å². The number of hydrogen-bond acceptors (Lipinski definition) is 5. The number of nitrogens with one attached hydrogen (secondary N) is 2. The highest BCUT2D eigenvalue weighted by atomic mass is 16.5. The lowest BCUT2D eigenvalue weighted by molar-refractivity contribution is 0.324. The predicted molar refractivity (Wildman–Crippen MR) is 70.9 cm³/mol. The normalized spacial score (nSPS) is 14.8. The second-order valence-corrected chi connectivity index (χ2v) is 4.32. The Morgan fingerprint density at radius 2 is 1.72 bits per heavy atom. The predicted octanol–water partition coefficient (Wildman–Crippen LogP) is 1.34. The van der Waals surface area contributed by atoms with Gasteiger partial charge < -0.3 is 24.8 Å². The summed E-state index contributed by atoms with van der Waals surface area (Å²) in [6.45, 7) is 3.11. The van der Waals surface area contributed by atoms with Crippen molar-refractivity contribution < 1.29 is 14.2 Å². The van der Waals surface area contributed by atoms with Crippen molar-refractivity contribution in [2.75, 3.05) is 46.3 Å². The van der Waals surface area contributed by atoms with Gasteiger partial charge in [0.15, 0.2) is 11.5 Å². The molecular weight excluding hydrogens is 232 g/mol. The molecule has 1 aliphatic rings. The van der Waals surface area contributed by atoms with E-state index in [1.807, 2.05) is 12.1 Å². The monoisotopic (exact) mass is 252 g/mol. The second-order valence-electron chi connectivity index (χ2n) is 4.32. The van der Waals surface area contributed by atoms with Crippen LogP contribution in [-0.2, 0) is 0 Å². The van der Waals surface area contributed by atoms with E-state index in [0.29, 0.717) is 23.2 Å². The summed E-state index contributed by atoms with van der Waals surface area (Å²) < 4.78 is 15.9. The molecule has 2 rings (SSSR count). The van der Waals surface area contributed by atoms with Gasteiger partial charge in [0.2, 0.25) is 5.75 Å². The Hall–Kier alpha value is -1.62. The van der Waals surface area contributed by atoms with Gasteiger partial charge in [-0.25, -0.2) is 0 Å². The van der Waals surface area contributed by atoms with Crippen molar-refractivity contribution in [3.8, 4) is 17.2 Å². The van der Waals surface area contributed by atoms with E-state index in [4.69, 9.17) is 14.2 Å². The molecule has 0 atom stereocenters. The highest BCUT2D eigenvalue weighted by molar-refractivity contribution is 5.62. The van der Waals surface area contributed by atoms with E-state index in [0.717, 1.165) is 25.3 Å². The van der Waals surface area contributed by atoms with Gasteiger partial charge in [0, 0.05) is 43.4 Å². The number of rotatable bonds is 6. The standard InChI is InChI=1S/C13H20N2O3/c1-16-11-4-10(15-8-9-6-14-7-9)5-12(17-2)13(11)18-3/h4-5,9,14-15H,6-8H2,1-3H3. The Labute approximate surface area is 107 Å². The number of ether oxygens (including phenoxy) is 3. The first kappa shape index (κ1) is 12.8. The van der Waals surface area contributed by atoms with Gasteiger partial charge in [-0.2, -0.15) is 0 Å². The van der Waals surface area contributed by atoms with Gasteiger partial charge in [0.25, 0.3) is 0 Å². The van der Waals surface area contributed by atoms with Crippen LogP contribution in [0.5, 0.6) is 17.2 Å². The molecule has 1 aliphatic heterocycles. The summed E-state index contributed by atoms with van der Waals surface area (Å²) in [7, 11) is 4.85. The Bertz CT molecular complexity index is 380. The summed E-state index contributed by atoms with van der Waals surface area (Å²) in [6.07, 6.45) is 0. The number of anilines is 1. The van der Waals surface area contributed by atoms with Crippen LogP contribution in [0, 0.1) is 5.92 Å². The van der Waals surface area contributed by atoms with Gasteiger partial charge in [0.05, 0.1) is 21.3 Å². The third-order valence-electron chi connectivity index (χ3n) is 3.13. The Morgan fingerprint density at radius 1 is 1.11 bits per heavy atom. The molecule has 1 aromatic carbocycles. The molecule has 5 heteroatoms. The largest absolute Gasteiger partial charge is 0.493 e. The fourth-order valence-electron chi connectivity index (χ4n) is 1.94. The third-order valence-corrected chi connectivity index (χ3v) is 3.13. The van der Waals surface area contributed by atoms with Crippen LogP contribution in [0.1, 0.15) is 0 Å². The molecule has 1 fully saturated rings. The van der Waals surface area contributed by atoms with Gasteiger partial charge >= 0.3 is 0 Å². The lowest BCUT2D eigenvalue weighted by Crippen LogP contribution is -2.45. The van der Waals surface area contributed by atoms with Gasteiger partial charge in [-0.1, -0.05) is 0 Å². The fraction of sp³-hybridized carbons (Fsp3) is 0.538. The molecule has 0 bridgehead atoms. The fourth-order valence-corrected chi connectivity index (χ4v) is 1.94. The van der Waals surface area contributed by atoms with Crippen LogP contribution in [0.2, 0.25) is 0 Å². The van der Waals surface area contributed by atoms with E-state index in [2.05, 4.69) is 10.6 Å². The van der Waals surface area contributed by atoms with Crippen molar-refractivity contribution in [3.05, 3.63) is 12.1 Å². The van der Waals surface area contributed by atoms with Crippen molar-refractivity contribution in [2.24, 2.45) is 5.92 Å². The molecule has 0 aromatic heterocycles. The molecule has 1 heterocycles. The van der Waals surface area contributed by atoms with Gasteiger partial charge in [0.1, 0.15) is 0 Å². The van der Waals surface area contributed by atoms with Crippen LogP contribution in [-0.4, -0.2) is 41.0 Å². The van der Waals surface area contributed by atoms with Crippen LogP contribution in [0.15, 0.2) is 12.1 Å². The first-order valence-corrected chi connectivity index (χ1v) is 6.03. The maximum Gasteiger partial charge on any atom is 0.203 e. The van der Waals surface area contributed by atoms with Gasteiger partial charge in [-0.3, -0.25) is 0 Å². The van der Waals surface area contributed by atoms with Gasteiger partial charge in [-0.05, 0) is 0 Å². The van der Waals surface area contributed by atoms with E-state index in [1.165, 1.54) is 0 Å². The summed E-state index contributed by atoms with van der Waals surface area (Å²) in [5.74, 6) is 2.66. The minimum absolute atomic E-state index is 0.621. The average Bonchev–Trinajstić information content (AvgIpc) is 2.35. The number of methoxy groups -OCH3 is 3. The maximum absolute atomic E-state index is 5.31. The van der Waals surface area contributed by atoms with E-state index in [9.17, 15) is 0 Å². The van der Waals surface area contributed by atoms with Crippen molar-refractivity contribution >= 4 is 5.69 Å². The Balaban J connectivity index is 2.13. The number of hydrogen-bond donors (Lipinski definition) is 2. The summed E-state index contributed by atoms with van der Waals surface area (Å²) in [4.78, 5) is 0. The summed E-state index contributed by atoms with van der Waals surface area (Å²) in [6, 6.07) is 3.85. The van der Waals surface area contributed by atoms with Crippen LogP contribution in [0.3, 0.4) is 0 Å². The molecule has 0 saturated carbocycles. The molecule has 0 amide bonds. The zero-order valence-electron chi connectivity index (χ0n) is 11.1. The van der Waals surface area contributed by atoms with Crippen molar-refractivity contribution in [1.29, 1.82) is 0 Å². The molecule has 0 unspecified atom stereocenters. The van der Waals surface area contributed by atoms with E-state index < -0.39 is 0 Å². The third kappa shape index (κ3) is 2.61. The first-order chi connectivity index (χ1) is 8.78. The van der Waals surface area contributed by atoms with Crippen molar-refractivity contribution in [3.63, 3.8) is 0 Å². The zero-order chi connectivity index (χ0) is 13.0. The van der Waals surface area contributed by atoms with E-state index in [-0.39, 0.29) is 0 Å². The van der Waals surface area contributed by atoms with Crippen LogP contribution in [0.4, 0.5) is 5.69 Å². The van der Waals surface area contributed by atoms with Crippen LogP contribution in [0.25, 0.3) is 0 Å². The molecule has 1 aromatic rings. The van der Waals surface area contributed by atoms with Crippen molar-refractivity contribution in [1.82, 2.24) is 5.32 Å². The van der Waals surface area contributed by atoms with Crippen LogP contribution >= 0.6 is 0 Å². The SMILES string of the molecule is COc1cc(NCC2CNC2)cc(OC)c1OC. The molecule has 2 N–H and O–H groups in total. The number of benzene rings is 1.